The first-order chi connectivity index (χ1) is 8.19. The number of thiocarbonyl (C=S) groups is 1. The molecule has 0 aliphatic rings. The Hall–Kier alpha value is -1.80. The predicted octanol–water partition coefficient (Wildman–Crippen LogP) is 2.24. The second-order valence-corrected chi connectivity index (χ2v) is 3.85. The molecule has 0 saturated heterocycles. The maximum atomic E-state index is 8.51. The first-order valence-corrected chi connectivity index (χ1v) is 5.62. The van der Waals surface area contributed by atoms with Crippen molar-refractivity contribution in [1.82, 2.24) is 4.90 Å². The Morgan fingerprint density at radius 1 is 1.53 bits per heavy atom. The van der Waals surface area contributed by atoms with Gasteiger partial charge in [-0.25, -0.2) is 0 Å². The van der Waals surface area contributed by atoms with Crippen LogP contribution in [0.3, 0.4) is 0 Å². The van der Waals surface area contributed by atoms with Gasteiger partial charge in [-0.05, 0) is 24.4 Å². The minimum atomic E-state index is 0.449. The number of nitrogens with zero attached hydrogens (tertiary/aromatic N) is 2. The van der Waals surface area contributed by atoms with Crippen LogP contribution >= 0.6 is 12.2 Å². The van der Waals surface area contributed by atoms with Gasteiger partial charge in [0.25, 0.3) is 0 Å². The van der Waals surface area contributed by atoms with E-state index in [0.717, 1.165) is 11.4 Å². The van der Waals surface area contributed by atoms with E-state index in [2.05, 4.69) is 11.4 Å². The number of rotatable bonds is 4. The molecule has 0 amide bonds. The normalized spacial score (nSPS) is 9.24. The molecule has 0 heterocycles. The van der Waals surface area contributed by atoms with Crippen LogP contribution in [0.15, 0.2) is 24.3 Å². The number of anilines is 1. The minimum absolute atomic E-state index is 0.449. The van der Waals surface area contributed by atoms with Gasteiger partial charge in [0.2, 0.25) is 0 Å². The van der Waals surface area contributed by atoms with E-state index in [1.807, 2.05) is 36.2 Å². The van der Waals surface area contributed by atoms with Gasteiger partial charge >= 0.3 is 0 Å². The standard InChI is InChI=1S/C12H15N3OS/c1-15(9-5-8-13)12(17)14-10-6-3-4-7-11(10)16-2/h3-4,6-7H,5,9H2,1-2H3,(H,14,17). The van der Waals surface area contributed by atoms with E-state index in [1.54, 1.807) is 7.11 Å². The lowest BCUT2D eigenvalue weighted by Gasteiger charge is -2.20. The summed E-state index contributed by atoms with van der Waals surface area (Å²) in [6.07, 6.45) is 0.449. The Kier molecular flexibility index (Phi) is 5.24. The summed E-state index contributed by atoms with van der Waals surface area (Å²) in [5, 5.41) is 12.2. The topological polar surface area (TPSA) is 48.3 Å². The maximum absolute atomic E-state index is 8.51. The summed E-state index contributed by atoms with van der Waals surface area (Å²) in [4.78, 5) is 1.82. The van der Waals surface area contributed by atoms with Crippen molar-refractivity contribution in [2.45, 2.75) is 6.42 Å². The van der Waals surface area contributed by atoms with E-state index in [4.69, 9.17) is 22.2 Å². The van der Waals surface area contributed by atoms with Gasteiger partial charge in [0.1, 0.15) is 5.75 Å². The first-order valence-electron chi connectivity index (χ1n) is 5.21. The molecular weight excluding hydrogens is 234 g/mol. The quantitative estimate of drug-likeness (QED) is 0.829. The van der Waals surface area contributed by atoms with Gasteiger partial charge in [-0.15, -0.1) is 0 Å². The molecule has 1 aromatic carbocycles. The van der Waals surface area contributed by atoms with Crippen LogP contribution in [0, 0.1) is 11.3 Å². The Balaban J connectivity index is 2.64. The molecule has 0 aliphatic carbocycles. The van der Waals surface area contributed by atoms with E-state index in [1.165, 1.54) is 0 Å². The average molecular weight is 249 g/mol. The SMILES string of the molecule is COc1ccccc1NC(=S)N(C)CCC#N. The van der Waals surface area contributed by atoms with E-state index in [0.29, 0.717) is 18.1 Å². The van der Waals surface area contributed by atoms with E-state index >= 15 is 0 Å². The van der Waals surface area contributed by atoms with Crippen molar-refractivity contribution in [2.75, 3.05) is 26.0 Å². The third-order valence-electron chi connectivity index (χ3n) is 2.25. The zero-order chi connectivity index (χ0) is 12.7. The lowest BCUT2D eigenvalue weighted by atomic mass is 10.3. The molecule has 0 unspecified atom stereocenters. The van der Waals surface area contributed by atoms with Crippen LogP contribution < -0.4 is 10.1 Å². The summed E-state index contributed by atoms with van der Waals surface area (Å²) in [6, 6.07) is 9.64. The molecule has 0 radical (unpaired) electrons. The van der Waals surface area contributed by atoms with E-state index in [-0.39, 0.29) is 0 Å². The van der Waals surface area contributed by atoms with Gasteiger partial charge in [-0.3, -0.25) is 0 Å². The number of nitriles is 1. The molecule has 4 nitrogen and oxygen atoms in total. The average Bonchev–Trinajstić information content (AvgIpc) is 2.36. The highest BCUT2D eigenvalue weighted by molar-refractivity contribution is 7.80. The van der Waals surface area contributed by atoms with Gasteiger partial charge in [-0.2, -0.15) is 5.26 Å². The minimum Gasteiger partial charge on any atom is -0.495 e. The second kappa shape index (κ2) is 6.71. The summed E-state index contributed by atoms with van der Waals surface area (Å²) in [5.41, 5.74) is 0.823. The van der Waals surface area contributed by atoms with Crippen LogP contribution in [0.25, 0.3) is 0 Å². The highest BCUT2D eigenvalue weighted by Gasteiger charge is 2.07. The summed E-state index contributed by atoms with van der Waals surface area (Å²) in [5.74, 6) is 0.739. The molecule has 90 valence electrons. The fraction of sp³-hybridized carbons (Fsp3) is 0.333. The molecule has 0 bridgehead atoms. The van der Waals surface area contributed by atoms with Crippen molar-refractivity contribution in [1.29, 1.82) is 5.26 Å². The number of para-hydroxylation sites is 2. The lowest BCUT2D eigenvalue weighted by Crippen LogP contribution is -2.31. The number of ether oxygens (including phenoxy) is 1. The molecule has 17 heavy (non-hydrogen) atoms. The molecule has 0 aromatic heterocycles. The van der Waals surface area contributed by atoms with Gasteiger partial charge in [0, 0.05) is 13.6 Å². The van der Waals surface area contributed by atoms with Crippen LogP contribution in [0.1, 0.15) is 6.42 Å². The highest BCUT2D eigenvalue weighted by Crippen LogP contribution is 2.23. The fourth-order valence-corrected chi connectivity index (χ4v) is 1.48. The maximum Gasteiger partial charge on any atom is 0.173 e. The molecule has 1 aromatic rings. The fourth-order valence-electron chi connectivity index (χ4n) is 1.28. The van der Waals surface area contributed by atoms with E-state index < -0.39 is 0 Å². The molecule has 1 rings (SSSR count). The monoisotopic (exact) mass is 249 g/mol. The predicted molar refractivity (Wildman–Crippen MR) is 72.1 cm³/mol. The van der Waals surface area contributed by atoms with Crippen molar-refractivity contribution in [3.8, 4) is 11.8 Å². The van der Waals surface area contributed by atoms with E-state index in [9.17, 15) is 0 Å². The molecule has 0 spiro atoms. The van der Waals surface area contributed by atoms with Crippen LogP contribution in [-0.2, 0) is 0 Å². The number of methoxy groups -OCH3 is 1. The second-order valence-electron chi connectivity index (χ2n) is 3.46. The molecule has 0 atom stereocenters. The Labute approximate surface area is 107 Å². The van der Waals surface area contributed by atoms with Crippen molar-refractivity contribution in [3.05, 3.63) is 24.3 Å². The molecule has 0 aliphatic heterocycles. The summed E-state index contributed by atoms with van der Waals surface area (Å²) < 4.78 is 5.21. The third kappa shape index (κ3) is 3.93. The van der Waals surface area contributed by atoms with Crippen LogP contribution in [0.2, 0.25) is 0 Å². The molecular formula is C12H15N3OS. The van der Waals surface area contributed by atoms with Crippen molar-refractivity contribution in [3.63, 3.8) is 0 Å². The first kappa shape index (κ1) is 13.3. The number of hydrogen-bond donors (Lipinski definition) is 1. The third-order valence-corrected chi connectivity index (χ3v) is 2.67. The highest BCUT2D eigenvalue weighted by atomic mass is 32.1. The van der Waals surface area contributed by atoms with Gasteiger partial charge in [0.05, 0.1) is 25.3 Å². The Morgan fingerprint density at radius 3 is 2.88 bits per heavy atom. The molecule has 5 heteroatoms. The van der Waals surface area contributed by atoms with Crippen molar-refractivity contribution in [2.24, 2.45) is 0 Å². The lowest BCUT2D eigenvalue weighted by molar-refractivity contribution is 0.416. The Morgan fingerprint density at radius 2 is 2.24 bits per heavy atom. The molecule has 0 saturated carbocycles. The van der Waals surface area contributed by atoms with Crippen molar-refractivity contribution < 1.29 is 4.74 Å². The number of nitrogens with one attached hydrogen (secondary N) is 1. The Bertz CT molecular complexity index is 428. The zero-order valence-electron chi connectivity index (χ0n) is 9.93. The van der Waals surface area contributed by atoms with Crippen LogP contribution in [-0.4, -0.2) is 30.7 Å². The van der Waals surface area contributed by atoms with Gasteiger partial charge in [-0.1, -0.05) is 12.1 Å². The van der Waals surface area contributed by atoms with Crippen LogP contribution in [0.5, 0.6) is 5.75 Å². The smallest absolute Gasteiger partial charge is 0.173 e. The van der Waals surface area contributed by atoms with Gasteiger partial charge < -0.3 is 15.0 Å². The van der Waals surface area contributed by atoms with Crippen LogP contribution in [0.4, 0.5) is 5.69 Å². The summed E-state index contributed by atoms with van der Waals surface area (Å²) >= 11 is 5.23. The zero-order valence-corrected chi connectivity index (χ0v) is 10.8. The summed E-state index contributed by atoms with van der Waals surface area (Å²) in [6.45, 7) is 0.609. The molecule has 1 N–H and O–H groups in total. The van der Waals surface area contributed by atoms with Crippen molar-refractivity contribution >= 4 is 23.0 Å². The van der Waals surface area contributed by atoms with Gasteiger partial charge in [0.15, 0.2) is 5.11 Å². The summed E-state index contributed by atoms with van der Waals surface area (Å²) in [7, 11) is 3.46. The number of hydrogen-bond acceptors (Lipinski definition) is 3. The molecule has 0 fully saturated rings. The largest absolute Gasteiger partial charge is 0.495 e. The number of benzene rings is 1.